The van der Waals surface area contributed by atoms with E-state index in [1.807, 2.05) is 6.92 Å². The highest BCUT2D eigenvalue weighted by Crippen LogP contribution is 2.47. The summed E-state index contributed by atoms with van der Waals surface area (Å²) in [5, 5.41) is 3.67. The Morgan fingerprint density at radius 1 is 1.00 bits per heavy atom. The summed E-state index contributed by atoms with van der Waals surface area (Å²) >= 11 is 0. The van der Waals surface area contributed by atoms with Crippen LogP contribution in [-0.4, -0.2) is 12.1 Å². The van der Waals surface area contributed by atoms with E-state index in [-0.39, 0.29) is 11.0 Å². The number of benzene rings is 2. The fraction of sp³-hybridized carbons (Fsp3) is 0.400. The minimum Gasteiger partial charge on any atom is -0.494 e. The molecule has 1 aliphatic heterocycles. The summed E-state index contributed by atoms with van der Waals surface area (Å²) < 4.78 is 5.58. The maximum absolute atomic E-state index is 5.58. The molecule has 22 heavy (non-hydrogen) atoms. The SMILES string of the molecule is CCOc1ccc([C@@]2(C)CC(C)(C)Nc3ccccc32)cc1. The second kappa shape index (κ2) is 5.35. The van der Waals surface area contributed by atoms with Crippen molar-refractivity contribution >= 4 is 5.69 Å². The van der Waals surface area contributed by atoms with Crippen LogP contribution in [0.2, 0.25) is 0 Å². The maximum Gasteiger partial charge on any atom is 0.119 e. The van der Waals surface area contributed by atoms with E-state index in [2.05, 4.69) is 74.6 Å². The molecular weight excluding hydrogens is 270 g/mol. The van der Waals surface area contributed by atoms with E-state index < -0.39 is 0 Å². The molecule has 0 fully saturated rings. The Morgan fingerprint density at radius 2 is 1.68 bits per heavy atom. The average Bonchev–Trinajstić information content (AvgIpc) is 2.47. The van der Waals surface area contributed by atoms with Gasteiger partial charge in [-0.05, 0) is 56.5 Å². The van der Waals surface area contributed by atoms with Crippen molar-refractivity contribution < 1.29 is 4.74 Å². The Morgan fingerprint density at radius 3 is 2.36 bits per heavy atom. The Hall–Kier alpha value is -1.96. The van der Waals surface area contributed by atoms with Crippen LogP contribution in [0, 0.1) is 0 Å². The van der Waals surface area contributed by atoms with E-state index in [4.69, 9.17) is 4.74 Å². The van der Waals surface area contributed by atoms with Crippen LogP contribution in [0.25, 0.3) is 0 Å². The molecule has 0 unspecified atom stereocenters. The van der Waals surface area contributed by atoms with Crippen LogP contribution in [0.4, 0.5) is 5.69 Å². The highest BCUT2D eigenvalue weighted by Gasteiger charge is 2.41. The van der Waals surface area contributed by atoms with Gasteiger partial charge >= 0.3 is 0 Å². The van der Waals surface area contributed by atoms with Gasteiger partial charge in [0.05, 0.1) is 6.61 Å². The van der Waals surface area contributed by atoms with Crippen LogP contribution in [-0.2, 0) is 5.41 Å². The molecule has 1 atom stereocenters. The molecule has 0 radical (unpaired) electrons. The lowest BCUT2D eigenvalue weighted by Gasteiger charge is -2.45. The molecule has 0 aromatic heterocycles. The number of fused-ring (bicyclic) bond motifs is 1. The third-order valence-electron chi connectivity index (χ3n) is 4.59. The molecule has 0 bridgehead atoms. The first-order valence-corrected chi connectivity index (χ1v) is 8.06. The molecule has 1 N–H and O–H groups in total. The third kappa shape index (κ3) is 2.58. The first-order chi connectivity index (χ1) is 10.4. The first kappa shape index (κ1) is 15.0. The van der Waals surface area contributed by atoms with Gasteiger partial charge in [0.25, 0.3) is 0 Å². The number of rotatable bonds is 3. The highest BCUT2D eigenvalue weighted by molar-refractivity contribution is 5.62. The van der Waals surface area contributed by atoms with Crippen molar-refractivity contribution in [2.75, 3.05) is 11.9 Å². The molecule has 2 aromatic rings. The molecular formula is C20H25NO. The van der Waals surface area contributed by atoms with Crippen LogP contribution in [0.15, 0.2) is 48.5 Å². The van der Waals surface area contributed by atoms with Gasteiger partial charge in [0.15, 0.2) is 0 Å². The Bertz CT molecular complexity index is 660. The molecule has 0 saturated heterocycles. The second-order valence-electron chi connectivity index (χ2n) is 7.02. The lowest BCUT2D eigenvalue weighted by atomic mass is 9.66. The number of hydrogen-bond donors (Lipinski definition) is 1. The van der Waals surface area contributed by atoms with Crippen LogP contribution in [0.5, 0.6) is 5.75 Å². The molecule has 1 heterocycles. The zero-order chi connectivity index (χ0) is 15.8. The summed E-state index contributed by atoms with van der Waals surface area (Å²) in [5.41, 5.74) is 4.05. The third-order valence-corrected chi connectivity index (χ3v) is 4.59. The van der Waals surface area contributed by atoms with Crippen LogP contribution in [0.1, 0.15) is 45.2 Å². The Kier molecular flexibility index (Phi) is 3.64. The van der Waals surface area contributed by atoms with Crippen LogP contribution in [0.3, 0.4) is 0 Å². The lowest BCUT2D eigenvalue weighted by molar-refractivity contribution is 0.339. The Balaban J connectivity index is 2.07. The van der Waals surface area contributed by atoms with Gasteiger partial charge in [0.1, 0.15) is 5.75 Å². The molecule has 0 aliphatic carbocycles. The van der Waals surface area contributed by atoms with Crippen molar-refractivity contribution in [3.8, 4) is 5.75 Å². The van der Waals surface area contributed by atoms with Gasteiger partial charge in [-0.3, -0.25) is 0 Å². The molecule has 2 aromatic carbocycles. The normalized spacial score (nSPS) is 22.5. The number of ether oxygens (including phenoxy) is 1. The Labute approximate surface area is 133 Å². The quantitative estimate of drug-likeness (QED) is 0.861. The van der Waals surface area contributed by atoms with Gasteiger partial charge in [-0.25, -0.2) is 0 Å². The highest BCUT2D eigenvalue weighted by atomic mass is 16.5. The fourth-order valence-corrected chi connectivity index (χ4v) is 3.80. The standard InChI is InChI=1S/C20H25NO/c1-5-22-16-12-10-15(11-13-16)20(4)14-19(2,3)21-18-9-7-6-8-17(18)20/h6-13,21H,5,14H2,1-4H3/t20-/m1/s1. The average molecular weight is 295 g/mol. The van der Waals surface area contributed by atoms with E-state index >= 15 is 0 Å². The number of hydrogen-bond acceptors (Lipinski definition) is 2. The molecule has 1 aliphatic rings. The maximum atomic E-state index is 5.58. The summed E-state index contributed by atoms with van der Waals surface area (Å²) in [4.78, 5) is 0. The van der Waals surface area contributed by atoms with Gasteiger partial charge in [0.2, 0.25) is 0 Å². The minimum atomic E-state index is 0.0100. The van der Waals surface area contributed by atoms with E-state index in [0.29, 0.717) is 6.61 Å². The lowest BCUT2D eigenvalue weighted by Crippen LogP contribution is -2.45. The van der Waals surface area contributed by atoms with Crippen molar-refractivity contribution in [1.82, 2.24) is 0 Å². The van der Waals surface area contributed by atoms with Gasteiger partial charge in [0, 0.05) is 16.6 Å². The van der Waals surface area contributed by atoms with Gasteiger partial charge in [-0.1, -0.05) is 37.3 Å². The summed E-state index contributed by atoms with van der Waals surface area (Å²) in [6, 6.07) is 17.3. The van der Waals surface area contributed by atoms with E-state index in [1.165, 1.54) is 16.8 Å². The van der Waals surface area contributed by atoms with Crippen molar-refractivity contribution in [1.29, 1.82) is 0 Å². The predicted molar refractivity (Wildman–Crippen MR) is 92.8 cm³/mol. The summed E-state index contributed by atoms with van der Waals surface area (Å²) in [6.45, 7) is 9.62. The fourth-order valence-electron chi connectivity index (χ4n) is 3.80. The monoisotopic (exact) mass is 295 g/mol. The minimum absolute atomic E-state index is 0.0100. The molecule has 0 saturated carbocycles. The van der Waals surface area contributed by atoms with Crippen molar-refractivity contribution in [3.05, 3.63) is 59.7 Å². The first-order valence-electron chi connectivity index (χ1n) is 8.06. The van der Waals surface area contributed by atoms with E-state index in [1.54, 1.807) is 0 Å². The second-order valence-corrected chi connectivity index (χ2v) is 7.02. The van der Waals surface area contributed by atoms with E-state index in [0.717, 1.165) is 12.2 Å². The molecule has 116 valence electrons. The zero-order valence-electron chi connectivity index (χ0n) is 13.9. The number of anilines is 1. The van der Waals surface area contributed by atoms with Crippen molar-refractivity contribution in [2.24, 2.45) is 0 Å². The summed E-state index contributed by atoms with van der Waals surface area (Å²) in [5.74, 6) is 0.941. The van der Waals surface area contributed by atoms with Crippen molar-refractivity contribution in [3.63, 3.8) is 0 Å². The van der Waals surface area contributed by atoms with E-state index in [9.17, 15) is 0 Å². The molecule has 3 rings (SSSR count). The topological polar surface area (TPSA) is 21.3 Å². The van der Waals surface area contributed by atoms with Gasteiger partial charge in [-0.15, -0.1) is 0 Å². The molecule has 0 spiro atoms. The number of nitrogens with one attached hydrogen (secondary N) is 1. The van der Waals surface area contributed by atoms with Crippen LogP contribution < -0.4 is 10.1 Å². The molecule has 2 nitrogen and oxygen atoms in total. The molecule has 2 heteroatoms. The van der Waals surface area contributed by atoms with Gasteiger partial charge < -0.3 is 10.1 Å². The van der Waals surface area contributed by atoms with Gasteiger partial charge in [-0.2, -0.15) is 0 Å². The molecule has 0 amide bonds. The smallest absolute Gasteiger partial charge is 0.119 e. The zero-order valence-corrected chi connectivity index (χ0v) is 13.9. The van der Waals surface area contributed by atoms with Crippen molar-refractivity contribution in [2.45, 2.75) is 45.1 Å². The largest absolute Gasteiger partial charge is 0.494 e. The predicted octanol–water partition coefficient (Wildman–Crippen LogP) is 4.99. The summed E-state index contributed by atoms with van der Waals surface area (Å²) in [7, 11) is 0. The summed E-state index contributed by atoms with van der Waals surface area (Å²) in [6.07, 6.45) is 1.06. The van der Waals surface area contributed by atoms with Crippen LogP contribution >= 0.6 is 0 Å². The number of para-hydroxylation sites is 1.